The molecule has 0 aromatic rings. The molecule has 2 N–H and O–H groups in total. The topological polar surface area (TPSA) is 111 Å². The lowest BCUT2D eigenvalue weighted by molar-refractivity contribution is -0.142. The number of unbranched alkanes of at least 4 members (excludes halogenated alkanes) is 1. The average Bonchev–Trinajstić information content (AvgIpc) is 3.50. The molecular weight excluding hydrogens is 582 g/mol. The third kappa shape index (κ3) is 11.4. The predicted octanol–water partition coefficient (Wildman–Crippen LogP) is 4.52. The van der Waals surface area contributed by atoms with Gasteiger partial charge in [-0.2, -0.15) is 0 Å². The Morgan fingerprint density at radius 3 is 2.20 bits per heavy atom. The summed E-state index contributed by atoms with van der Waals surface area (Å²) in [6.45, 7) is 21.3. The molecule has 10 nitrogen and oxygen atoms in total. The molecule has 2 aliphatic heterocycles. The van der Waals surface area contributed by atoms with Gasteiger partial charge >= 0.3 is 0 Å². The number of amides is 4. The van der Waals surface area contributed by atoms with Gasteiger partial charge in [0.1, 0.15) is 12.1 Å². The van der Waals surface area contributed by atoms with Crippen LogP contribution in [0.1, 0.15) is 114 Å². The SMILES string of the molecule is CCCCOCCCNC(=O)[C@@H]1CCCN1C(=O)C(C)=CC(C(C)C)N(C)C(=O)[C@@H](NC(=O)[C@H]1CCCCN1C(C)C)C(C)(C)C. The van der Waals surface area contributed by atoms with Gasteiger partial charge in [-0.25, -0.2) is 0 Å². The highest BCUT2D eigenvalue weighted by Crippen LogP contribution is 2.27. The second kappa shape index (κ2) is 18.8. The van der Waals surface area contributed by atoms with Gasteiger partial charge in [-0.15, -0.1) is 0 Å². The van der Waals surface area contributed by atoms with Crippen LogP contribution in [-0.2, 0) is 23.9 Å². The van der Waals surface area contributed by atoms with Gasteiger partial charge in [0.15, 0.2) is 0 Å². The molecule has 10 heteroatoms. The van der Waals surface area contributed by atoms with E-state index >= 15 is 0 Å². The summed E-state index contributed by atoms with van der Waals surface area (Å²) in [7, 11) is 1.76. The number of carbonyl (C=O) groups excluding carboxylic acids is 4. The van der Waals surface area contributed by atoms with Crippen molar-refractivity contribution < 1.29 is 23.9 Å². The summed E-state index contributed by atoms with van der Waals surface area (Å²) in [5.41, 5.74) is -0.0138. The number of rotatable bonds is 16. The second-order valence-corrected chi connectivity index (χ2v) is 15.0. The summed E-state index contributed by atoms with van der Waals surface area (Å²) in [4.78, 5) is 60.0. The molecule has 264 valence electrons. The summed E-state index contributed by atoms with van der Waals surface area (Å²) in [5.74, 6) is -0.572. The summed E-state index contributed by atoms with van der Waals surface area (Å²) < 4.78 is 5.58. The van der Waals surface area contributed by atoms with Crippen LogP contribution in [0.15, 0.2) is 11.6 Å². The molecule has 0 saturated carbocycles. The van der Waals surface area contributed by atoms with E-state index in [9.17, 15) is 19.2 Å². The van der Waals surface area contributed by atoms with Crippen molar-refractivity contribution in [2.45, 2.75) is 144 Å². The van der Waals surface area contributed by atoms with Crippen molar-refractivity contribution in [1.82, 2.24) is 25.3 Å². The molecular formula is C36H65N5O5. The predicted molar refractivity (Wildman–Crippen MR) is 184 cm³/mol. The molecule has 0 aromatic carbocycles. The quantitative estimate of drug-likeness (QED) is 0.188. The standard InChI is InChI=1S/C36H65N5O5/c1-11-12-22-46-23-16-19-37-32(42)28-18-15-21-41(28)34(44)27(6)24-30(25(2)3)39(10)35(45)31(36(7,8)9)38-33(43)29-17-13-14-20-40(29)26(4)5/h24-26,28-31H,11-23H2,1-10H3,(H,37,42)(H,38,43)/t28-,29+,30?,31+/m0/s1. The summed E-state index contributed by atoms with van der Waals surface area (Å²) in [6.07, 6.45) is 8.97. The monoisotopic (exact) mass is 647 g/mol. The van der Waals surface area contributed by atoms with Crippen LogP contribution in [0.4, 0.5) is 0 Å². The molecule has 0 aromatic heterocycles. The number of ether oxygens (including phenoxy) is 1. The van der Waals surface area contributed by atoms with E-state index in [0.29, 0.717) is 31.7 Å². The van der Waals surface area contributed by atoms with Crippen molar-refractivity contribution >= 4 is 23.6 Å². The first kappa shape index (κ1) is 39.7. The fourth-order valence-electron chi connectivity index (χ4n) is 6.53. The van der Waals surface area contributed by atoms with Crippen molar-refractivity contribution in [1.29, 1.82) is 0 Å². The number of carbonyl (C=O) groups is 4. The molecule has 0 aliphatic carbocycles. The zero-order valence-electron chi connectivity index (χ0n) is 30.6. The first-order chi connectivity index (χ1) is 21.6. The Bertz CT molecular complexity index is 1040. The van der Waals surface area contributed by atoms with Crippen LogP contribution < -0.4 is 10.6 Å². The number of piperidine rings is 1. The van der Waals surface area contributed by atoms with Gasteiger partial charge in [0, 0.05) is 45.0 Å². The lowest BCUT2D eigenvalue weighted by Gasteiger charge is -2.41. The number of hydrogen-bond acceptors (Lipinski definition) is 6. The van der Waals surface area contributed by atoms with Crippen LogP contribution in [0.2, 0.25) is 0 Å². The Kier molecular flexibility index (Phi) is 16.2. The molecule has 2 heterocycles. The Morgan fingerprint density at radius 2 is 1.59 bits per heavy atom. The fraction of sp³-hybridized carbons (Fsp3) is 0.833. The molecule has 2 aliphatic rings. The van der Waals surface area contributed by atoms with Gasteiger partial charge < -0.3 is 25.2 Å². The van der Waals surface area contributed by atoms with Crippen LogP contribution in [0.5, 0.6) is 0 Å². The van der Waals surface area contributed by atoms with Gasteiger partial charge in [0.2, 0.25) is 23.6 Å². The number of nitrogens with one attached hydrogen (secondary N) is 2. The summed E-state index contributed by atoms with van der Waals surface area (Å²) in [6, 6.07) is -1.60. The van der Waals surface area contributed by atoms with Gasteiger partial charge in [-0.3, -0.25) is 24.1 Å². The minimum absolute atomic E-state index is 0.0139. The molecule has 4 atom stereocenters. The highest BCUT2D eigenvalue weighted by molar-refractivity contribution is 5.97. The molecule has 2 rings (SSSR count). The highest BCUT2D eigenvalue weighted by atomic mass is 16.5. The van der Waals surface area contributed by atoms with Crippen molar-refractivity contribution in [2.75, 3.05) is 39.9 Å². The molecule has 2 saturated heterocycles. The number of likely N-dealkylation sites (N-methyl/N-ethyl adjacent to an activating group) is 1. The van der Waals surface area contributed by atoms with Gasteiger partial charge in [0.05, 0.1) is 12.1 Å². The third-order valence-electron chi connectivity index (χ3n) is 9.37. The normalized spacial score (nSPS) is 21.0. The Labute approximate surface area is 279 Å². The number of likely N-dealkylation sites (tertiary alicyclic amines) is 2. The Hall–Kier alpha value is -2.46. The highest BCUT2D eigenvalue weighted by Gasteiger charge is 2.40. The fourth-order valence-corrected chi connectivity index (χ4v) is 6.53. The third-order valence-corrected chi connectivity index (χ3v) is 9.37. The molecule has 0 radical (unpaired) electrons. The van der Waals surface area contributed by atoms with Crippen molar-refractivity contribution in [3.63, 3.8) is 0 Å². The van der Waals surface area contributed by atoms with Crippen LogP contribution in [0, 0.1) is 11.3 Å². The van der Waals surface area contributed by atoms with Crippen molar-refractivity contribution in [3.8, 4) is 0 Å². The van der Waals surface area contributed by atoms with E-state index < -0.39 is 17.5 Å². The van der Waals surface area contributed by atoms with Crippen LogP contribution in [0.3, 0.4) is 0 Å². The minimum atomic E-state index is -0.727. The van der Waals surface area contributed by atoms with E-state index in [1.54, 1.807) is 23.8 Å². The number of hydrogen-bond donors (Lipinski definition) is 2. The maximum atomic E-state index is 14.1. The smallest absolute Gasteiger partial charge is 0.249 e. The lowest BCUT2D eigenvalue weighted by Crippen LogP contribution is -2.60. The van der Waals surface area contributed by atoms with Gasteiger partial charge in [-0.05, 0) is 77.2 Å². The Morgan fingerprint density at radius 1 is 0.935 bits per heavy atom. The van der Waals surface area contributed by atoms with E-state index in [4.69, 9.17) is 4.74 Å². The average molecular weight is 648 g/mol. The molecule has 1 unspecified atom stereocenters. The molecule has 46 heavy (non-hydrogen) atoms. The summed E-state index contributed by atoms with van der Waals surface area (Å²) in [5, 5.41) is 6.12. The summed E-state index contributed by atoms with van der Waals surface area (Å²) >= 11 is 0. The van der Waals surface area contributed by atoms with E-state index in [2.05, 4.69) is 36.3 Å². The first-order valence-corrected chi connectivity index (χ1v) is 17.8. The zero-order chi connectivity index (χ0) is 34.6. The lowest BCUT2D eigenvalue weighted by atomic mass is 9.84. The van der Waals surface area contributed by atoms with E-state index in [-0.39, 0.29) is 47.7 Å². The Balaban J connectivity index is 2.13. The first-order valence-electron chi connectivity index (χ1n) is 17.8. The molecule has 0 spiro atoms. The van der Waals surface area contributed by atoms with Gasteiger partial charge in [-0.1, -0.05) is 60.5 Å². The van der Waals surface area contributed by atoms with Gasteiger partial charge in [0.25, 0.3) is 0 Å². The van der Waals surface area contributed by atoms with E-state index in [1.165, 1.54) is 0 Å². The molecule has 4 amide bonds. The zero-order valence-corrected chi connectivity index (χ0v) is 30.6. The van der Waals surface area contributed by atoms with E-state index in [0.717, 1.165) is 58.1 Å². The number of nitrogens with zero attached hydrogens (tertiary/aromatic N) is 3. The second-order valence-electron chi connectivity index (χ2n) is 15.0. The minimum Gasteiger partial charge on any atom is -0.381 e. The van der Waals surface area contributed by atoms with Crippen molar-refractivity contribution in [2.24, 2.45) is 11.3 Å². The molecule has 2 fully saturated rings. The van der Waals surface area contributed by atoms with Crippen LogP contribution in [-0.4, -0.2) is 108 Å². The van der Waals surface area contributed by atoms with Crippen molar-refractivity contribution in [3.05, 3.63) is 11.6 Å². The van der Waals surface area contributed by atoms with E-state index in [1.807, 2.05) is 40.7 Å². The van der Waals surface area contributed by atoms with Crippen LogP contribution >= 0.6 is 0 Å². The molecule has 0 bridgehead atoms. The maximum absolute atomic E-state index is 14.1. The largest absolute Gasteiger partial charge is 0.381 e. The maximum Gasteiger partial charge on any atom is 0.249 e. The van der Waals surface area contributed by atoms with Crippen LogP contribution in [0.25, 0.3) is 0 Å².